The molecular formula is C20H19NO. The first-order valence-electron chi connectivity index (χ1n) is 7.33. The highest BCUT2D eigenvalue weighted by molar-refractivity contribution is 5.64. The van der Waals surface area contributed by atoms with Crippen LogP contribution in [0.2, 0.25) is 0 Å². The SMILES string of the molecule is COc1ccc(-c2ccc(C(N)c3ccccc3)cc2)cc1. The van der Waals surface area contributed by atoms with Gasteiger partial charge in [0.25, 0.3) is 0 Å². The van der Waals surface area contributed by atoms with Gasteiger partial charge in [0.2, 0.25) is 0 Å². The first-order chi connectivity index (χ1) is 10.8. The summed E-state index contributed by atoms with van der Waals surface area (Å²) in [7, 11) is 1.68. The molecule has 0 aliphatic carbocycles. The largest absolute Gasteiger partial charge is 0.497 e. The molecular weight excluding hydrogens is 270 g/mol. The molecule has 3 aromatic carbocycles. The quantitative estimate of drug-likeness (QED) is 0.772. The van der Waals surface area contributed by atoms with E-state index in [9.17, 15) is 0 Å². The second kappa shape index (κ2) is 6.46. The minimum absolute atomic E-state index is 0.0916. The molecule has 0 radical (unpaired) electrons. The van der Waals surface area contributed by atoms with Gasteiger partial charge in [-0.25, -0.2) is 0 Å². The van der Waals surface area contributed by atoms with Crippen molar-refractivity contribution in [3.63, 3.8) is 0 Å². The Morgan fingerprint density at radius 2 is 1.18 bits per heavy atom. The number of nitrogens with two attached hydrogens (primary N) is 1. The Bertz CT molecular complexity index is 718. The molecule has 2 N–H and O–H groups in total. The van der Waals surface area contributed by atoms with Gasteiger partial charge in [-0.2, -0.15) is 0 Å². The third kappa shape index (κ3) is 3.02. The molecule has 110 valence electrons. The van der Waals surface area contributed by atoms with Crippen LogP contribution in [0.5, 0.6) is 5.75 Å². The Morgan fingerprint density at radius 1 is 0.682 bits per heavy atom. The summed E-state index contributed by atoms with van der Waals surface area (Å²) in [6, 6.07) is 26.5. The van der Waals surface area contributed by atoms with E-state index in [0.717, 1.165) is 16.9 Å². The summed E-state index contributed by atoms with van der Waals surface area (Å²) in [5.41, 5.74) is 10.9. The fourth-order valence-electron chi connectivity index (χ4n) is 2.52. The molecule has 0 aliphatic heterocycles. The summed E-state index contributed by atoms with van der Waals surface area (Å²) < 4.78 is 5.19. The van der Waals surface area contributed by atoms with Gasteiger partial charge in [0.05, 0.1) is 13.2 Å². The minimum Gasteiger partial charge on any atom is -0.497 e. The lowest BCUT2D eigenvalue weighted by atomic mass is 9.97. The Morgan fingerprint density at radius 3 is 1.73 bits per heavy atom. The molecule has 0 aromatic heterocycles. The predicted molar refractivity (Wildman–Crippen MR) is 90.9 cm³/mol. The Labute approximate surface area is 131 Å². The standard InChI is InChI=1S/C20H19NO/c1-22-19-13-11-16(12-14-19)15-7-9-18(10-8-15)20(21)17-5-3-2-4-6-17/h2-14,20H,21H2,1H3. The van der Waals surface area contributed by atoms with Crippen molar-refractivity contribution in [1.29, 1.82) is 0 Å². The molecule has 2 nitrogen and oxygen atoms in total. The molecule has 0 saturated carbocycles. The number of hydrogen-bond donors (Lipinski definition) is 1. The zero-order valence-electron chi connectivity index (χ0n) is 12.6. The normalized spacial score (nSPS) is 11.9. The van der Waals surface area contributed by atoms with E-state index in [2.05, 4.69) is 48.5 Å². The van der Waals surface area contributed by atoms with Crippen LogP contribution in [-0.4, -0.2) is 7.11 Å². The summed E-state index contributed by atoms with van der Waals surface area (Å²) in [6.45, 7) is 0. The molecule has 0 heterocycles. The van der Waals surface area contributed by atoms with Crippen LogP contribution < -0.4 is 10.5 Å². The number of methoxy groups -OCH3 is 1. The summed E-state index contributed by atoms with van der Waals surface area (Å²) >= 11 is 0. The Kier molecular flexibility index (Phi) is 4.22. The summed E-state index contributed by atoms with van der Waals surface area (Å²) in [5.74, 6) is 0.867. The number of hydrogen-bond acceptors (Lipinski definition) is 2. The average molecular weight is 289 g/mol. The lowest BCUT2D eigenvalue weighted by Crippen LogP contribution is -2.11. The van der Waals surface area contributed by atoms with Gasteiger partial charge in [-0.1, -0.05) is 66.7 Å². The van der Waals surface area contributed by atoms with Crippen molar-refractivity contribution >= 4 is 0 Å². The van der Waals surface area contributed by atoms with Gasteiger partial charge in [-0.15, -0.1) is 0 Å². The highest BCUT2D eigenvalue weighted by Crippen LogP contribution is 2.25. The van der Waals surface area contributed by atoms with Crippen molar-refractivity contribution in [2.24, 2.45) is 5.73 Å². The molecule has 0 fully saturated rings. The van der Waals surface area contributed by atoms with E-state index in [-0.39, 0.29) is 6.04 Å². The van der Waals surface area contributed by atoms with Crippen LogP contribution in [0.3, 0.4) is 0 Å². The van der Waals surface area contributed by atoms with E-state index < -0.39 is 0 Å². The molecule has 0 bridgehead atoms. The molecule has 1 unspecified atom stereocenters. The maximum absolute atomic E-state index is 6.33. The van der Waals surface area contributed by atoms with E-state index in [1.165, 1.54) is 11.1 Å². The van der Waals surface area contributed by atoms with Gasteiger partial charge >= 0.3 is 0 Å². The van der Waals surface area contributed by atoms with Gasteiger partial charge in [0, 0.05) is 0 Å². The summed E-state index contributed by atoms with van der Waals surface area (Å²) in [5, 5.41) is 0. The average Bonchev–Trinajstić information content (AvgIpc) is 2.62. The fourth-order valence-corrected chi connectivity index (χ4v) is 2.52. The van der Waals surface area contributed by atoms with Gasteiger partial charge in [0.15, 0.2) is 0 Å². The van der Waals surface area contributed by atoms with E-state index >= 15 is 0 Å². The first kappa shape index (κ1) is 14.4. The molecule has 0 amide bonds. The van der Waals surface area contributed by atoms with Crippen LogP contribution in [0.4, 0.5) is 0 Å². The maximum atomic E-state index is 6.33. The van der Waals surface area contributed by atoms with E-state index in [1.54, 1.807) is 7.11 Å². The van der Waals surface area contributed by atoms with E-state index in [4.69, 9.17) is 10.5 Å². The topological polar surface area (TPSA) is 35.2 Å². The van der Waals surface area contributed by atoms with Crippen LogP contribution >= 0.6 is 0 Å². The third-order valence-electron chi connectivity index (χ3n) is 3.85. The lowest BCUT2D eigenvalue weighted by molar-refractivity contribution is 0.415. The lowest BCUT2D eigenvalue weighted by Gasteiger charge is -2.13. The summed E-state index contributed by atoms with van der Waals surface area (Å²) in [6.07, 6.45) is 0. The second-order valence-electron chi connectivity index (χ2n) is 5.24. The van der Waals surface area contributed by atoms with Crippen molar-refractivity contribution in [1.82, 2.24) is 0 Å². The molecule has 3 aromatic rings. The van der Waals surface area contributed by atoms with Gasteiger partial charge in [0.1, 0.15) is 5.75 Å². The number of ether oxygens (including phenoxy) is 1. The number of benzene rings is 3. The maximum Gasteiger partial charge on any atom is 0.118 e. The highest BCUT2D eigenvalue weighted by Gasteiger charge is 2.08. The van der Waals surface area contributed by atoms with Crippen molar-refractivity contribution in [3.8, 4) is 16.9 Å². The highest BCUT2D eigenvalue weighted by atomic mass is 16.5. The molecule has 1 atom stereocenters. The van der Waals surface area contributed by atoms with Crippen molar-refractivity contribution in [2.75, 3.05) is 7.11 Å². The third-order valence-corrected chi connectivity index (χ3v) is 3.85. The molecule has 0 spiro atoms. The second-order valence-corrected chi connectivity index (χ2v) is 5.24. The molecule has 0 aliphatic rings. The van der Waals surface area contributed by atoms with Crippen LogP contribution in [-0.2, 0) is 0 Å². The predicted octanol–water partition coefficient (Wildman–Crippen LogP) is 4.41. The Hall–Kier alpha value is -2.58. The molecule has 22 heavy (non-hydrogen) atoms. The Balaban J connectivity index is 1.83. The zero-order valence-corrected chi connectivity index (χ0v) is 12.6. The van der Waals surface area contributed by atoms with Crippen molar-refractivity contribution < 1.29 is 4.74 Å². The molecule has 0 saturated heterocycles. The number of rotatable bonds is 4. The van der Waals surface area contributed by atoms with Crippen LogP contribution in [0, 0.1) is 0 Å². The van der Waals surface area contributed by atoms with E-state index in [0.29, 0.717) is 0 Å². The smallest absolute Gasteiger partial charge is 0.118 e. The summed E-state index contributed by atoms with van der Waals surface area (Å²) in [4.78, 5) is 0. The molecule has 2 heteroatoms. The van der Waals surface area contributed by atoms with Gasteiger partial charge in [-0.3, -0.25) is 0 Å². The van der Waals surface area contributed by atoms with Gasteiger partial charge in [-0.05, 0) is 34.4 Å². The fraction of sp³-hybridized carbons (Fsp3) is 0.100. The monoisotopic (exact) mass is 289 g/mol. The van der Waals surface area contributed by atoms with E-state index in [1.807, 2.05) is 30.3 Å². The molecule has 3 rings (SSSR count). The van der Waals surface area contributed by atoms with Gasteiger partial charge < -0.3 is 10.5 Å². The van der Waals surface area contributed by atoms with Crippen molar-refractivity contribution in [2.45, 2.75) is 6.04 Å². The van der Waals surface area contributed by atoms with Crippen LogP contribution in [0.15, 0.2) is 78.9 Å². The van der Waals surface area contributed by atoms with Crippen LogP contribution in [0.25, 0.3) is 11.1 Å². The first-order valence-corrected chi connectivity index (χ1v) is 7.33. The minimum atomic E-state index is -0.0916. The zero-order chi connectivity index (χ0) is 15.4. The van der Waals surface area contributed by atoms with Crippen LogP contribution in [0.1, 0.15) is 17.2 Å². The van der Waals surface area contributed by atoms with Crippen molar-refractivity contribution in [3.05, 3.63) is 90.0 Å².